The van der Waals surface area contributed by atoms with E-state index in [1.54, 1.807) is 0 Å². The zero-order valence-corrected chi connectivity index (χ0v) is 25.8. The van der Waals surface area contributed by atoms with Crippen LogP contribution in [-0.2, 0) is 19.0 Å². The molecule has 0 saturated heterocycles. The van der Waals surface area contributed by atoms with Crippen molar-refractivity contribution < 1.29 is 23.8 Å². The average molecular weight is 550 g/mol. The van der Waals surface area contributed by atoms with Gasteiger partial charge in [0.2, 0.25) is 0 Å². The Labute approximate surface area is 240 Å². The summed E-state index contributed by atoms with van der Waals surface area (Å²) < 4.78 is 16.1. The van der Waals surface area contributed by atoms with Gasteiger partial charge in [0, 0.05) is 19.4 Å². The first-order valence-electron chi connectivity index (χ1n) is 15.8. The number of carbonyl (C=O) groups excluding carboxylic acids is 2. The van der Waals surface area contributed by atoms with Crippen molar-refractivity contribution in [1.29, 1.82) is 0 Å². The molecule has 0 saturated carbocycles. The van der Waals surface area contributed by atoms with Crippen molar-refractivity contribution in [1.82, 2.24) is 4.90 Å². The molecular weight excluding hydrogens is 490 g/mol. The topological polar surface area (TPSA) is 65.1 Å². The minimum absolute atomic E-state index is 0.0879. The monoisotopic (exact) mass is 549 g/mol. The summed E-state index contributed by atoms with van der Waals surface area (Å²) >= 11 is 0. The molecular formula is C33H59NO5. The summed E-state index contributed by atoms with van der Waals surface area (Å²) in [5.41, 5.74) is 0. The Morgan fingerprint density at radius 1 is 0.795 bits per heavy atom. The lowest BCUT2D eigenvalue weighted by Crippen LogP contribution is -2.22. The van der Waals surface area contributed by atoms with Crippen molar-refractivity contribution in [3.8, 4) is 11.8 Å². The van der Waals surface area contributed by atoms with E-state index in [1.165, 1.54) is 44.9 Å². The predicted molar refractivity (Wildman–Crippen MR) is 162 cm³/mol. The normalized spacial score (nSPS) is 11.8. The molecule has 226 valence electrons. The average Bonchev–Trinajstić information content (AvgIpc) is 2.93. The fourth-order valence-electron chi connectivity index (χ4n) is 4.03. The number of carbonyl (C=O) groups is 2. The summed E-state index contributed by atoms with van der Waals surface area (Å²) in [6, 6.07) is 0. The van der Waals surface area contributed by atoms with Gasteiger partial charge in [0.1, 0.15) is 6.10 Å². The van der Waals surface area contributed by atoms with E-state index in [0.717, 1.165) is 77.3 Å². The van der Waals surface area contributed by atoms with Gasteiger partial charge in [-0.15, -0.1) is 0 Å². The fraction of sp³-hybridized carbons (Fsp3) is 0.818. The van der Waals surface area contributed by atoms with E-state index in [1.807, 2.05) is 7.05 Å². The molecule has 0 aliphatic carbocycles. The number of unbranched alkanes of at least 4 members (excludes halogenated alkanes) is 12. The van der Waals surface area contributed by atoms with E-state index in [0.29, 0.717) is 13.0 Å². The van der Waals surface area contributed by atoms with Crippen LogP contribution in [0.15, 0.2) is 12.2 Å². The predicted octanol–water partition coefficient (Wildman–Crippen LogP) is 8.62. The lowest BCUT2D eigenvalue weighted by molar-refractivity contribution is -0.144. The Bertz CT molecular complexity index is 667. The molecule has 0 aromatic heterocycles. The number of hydrogen-bond acceptors (Lipinski definition) is 6. The highest BCUT2D eigenvalue weighted by molar-refractivity contribution is 5.69. The van der Waals surface area contributed by atoms with Gasteiger partial charge in [-0.3, -0.25) is 4.79 Å². The first-order valence-corrected chi connectivity index (χ1v) is 15.8. The van der Waals surface area contributed by atoms with Gasteiger partial charge in [0.25, 0.3) is 0 Å². The quantitative estimate of drug-likeness (QED) is 0.0491. The van der Waals surface area contributed by atoms with Crippen LogP contribution in [0.3, 0.4) is 0 Å². The maximum atomic E-state index is 12.1. The van der Waals surface area contributed by atoms with E-state index in [9.17, 15) is 9.59 Å². The number of hydrogen-bond donors (Lipinski definition) is 0. The van der Waals surface area contributed by atoms with Gasteiger partial charge in [-0.1, -0.05) is 103 Å². The Morgan fingerprint density at radius 3 is 2.23 bits per heavy atom. The second kappa shape index (κ2) is 29.0. The molecule has 0 spiro atoms. The fourth-order valence-corrected chi connectivity index (χ4v) is 4.03. The van der Waals surface area contributed by atoms with Crippen LogP contribution in [0.4, 0.5) is 4.79 Å². The molecule has 39 heavy (non-hydrogen) atoms. The van der Waals surface area contributed by atoms with Crippen LogP contribution in [0.1, 0.15) is 136 Å². The van der Waals surface area contributed by atoms with Crippen LogP contribution in [0, 0.1) is 11.8 Å². The molecule has 0 bridgehead atoms. The molecule has 6 nitrogen and oxygen atoms in total. The first kappa shape index (κ1) is 37.0. The number of esters is 1. The minimum atomic E-state index is -0.606. The summed E-state index contributed by atoms with van der Waals surface area (Å²) in [7, 11) is 2.01. The number of allylic oxidation sites excluding steroid dienone is 1. The van der Waals surface area contributed by atoms with E-state index >= 15 is 0 Å². The van der Waals surface area contributed by atoms with Gasteiger partial charge < -0.3 is 19.1 Å². The third kappa shape index (κ3) is 27.4. The van der Waals surface area contributed by atoms with Crippen molar-refractivity contribution in [3.63, 3.8) is 0 Å². The SMILES string of the molecule is CCCCCC#CCOC(=O)OC(C/C=C\CCCCCCCCOC(=O)CCN(C)CC)CCCCCC. The number of nitrogens with zero attached hydrogens (tertiary/aromatic N) is 1. The second-order valence-corrected chi connectivity index (χ2v) is 10.4. The molecule has 1 atom stereocenters. The molecule has 0 aliphatic heterocycles. The lowest BCUT2D eigenvalue weighted by atomic mass is 10.1. The van der Waals surface area contributed by atoms with Gasteiger partial charge >= 0.3 is 12.1 Å². The molecule has 0 aliphatic rings. The Morgan fingerprint density at radius 2 is 1.49 bits per heavy atom. The Kier molecular flexibility index (Phi) is 27.5. The number of rotatable bonds is 25. The molecule has 0 aromatic rings. The minimum Gasteiger partial charge on any atom is -0.466 e. The van der Waals surface area contributed by atoms with Crippen molar-refractivity contribution >= 4 is 12.1 Å². The standard InChI is InChI=1S/C33H59NO5/c1-5-8-10-12-19-24-30-38-33(36)39-31(25-21-11-9-6-2)26-22-18-16-14-13-15-17-20-23-29-37-32(35)27-28-34(4)7-3/h18,22,31H,5-17,20-21,23,25-30H2,1-4H3/b22-18-. The highest BCUT2D eigenvalue weighted by Crippen LogP contribution is 2.14. The summed E-state index contributed by atoms with van der Waals surface area (Å²) in [4.78, 5) is 25.9. The zero-order chi connectivity index (χ0) is 28.8. The summed E-state index contributed by atoms with van der Waals surface area (Å²) in [6.07, 6.45) is 22.5. The van der Waals surface area contributed by atoms with Crippen molar-refractivity contribution in [2.24, 2.45) is 0 Å². The van der Waals surface area contributed by atoms with Gasteiger partial charge in [-0.25, -0.2) is 4.79 Å². The molecule has 0 radical (unpaired) electrons. The van der Waals surface area contributed by atoms with E-state index < -0.39 is 6.16 Å². The highest BCUT2D eigenvalue weighted by atomic mass is 16.7. The van der Waals surface area contributed by atoms with E-state index in [2.05, 4.69) is 49.7 Å². The molecule has 0 rings (SSSR count). The summed E-state index contributed by atoms with van der Waals surface area (Å²) in [6.45, 7) is 8.80. The summed E-state index contributed by atoms with van der Waals surface area (Å²) in [5.74, 6) is 5.87. The van der Waals surface area contributed by atoms with Gasteiger partial charge in [0.05, 0.1) is 13.0 Å². The van der Waals surface area contributed by atoms with Crippen LogP contribution in [0.5, 0.6) is 0 Å². The van der Waals surface area contributed by atoms with Crippen molar-refractivity contribution in [2.45, 2.75) is 142 Å². The van der Waals surface area contributed by atoms with Crippen LogP contribution < -0.4 is 0 Å². The Hall–Kier alpha value is -2.00. The van der Waals surface area contributed by atoms with Crippen LogP contribution in [-0.4, -0.2) is 56.5 Å². The molecule has 0 fully saturated rings. The van der Waals surface area contributed by atoms with Gasteiger partial charge in [0.15, 0.2) is 6.61 Å². The maximum Gasteiger partial charge on any atom is 0.509 e. The third-order valence-corrected chi connectivity index (χ3v) is 6.77. The summed E-state index contributed by atoms with van der Waals surface area (Å²) in [5, 5.41) is 0. The van der Waals surface area contributed by atoms with Crippen molar-refractivity contribution in [3.05, 3.63) is 12.2 Å². The first-order chi connectivity index (χ1) is 19.0. The van der Waals surface area contributed by atoms with E-state index in [4.69, 9.17) is 14.2 Å². The van der Waals surface area contributed by atoms with Gasteiger partial charge in [-0.05, 0) is 52.1 Å². The largest absolute Gasteiger partial charge is 0.509 e. The zero-order valence-electron chi connectivity index (χ0n) is 25.8. The van der Waals surface area contributed by atoms with Crippen LogP contribution in [0.2, 0.25) is 0 Å². The van der Waals surface area contributed by atoms with Crippen LogP contribution >= 0.6 is 0 Å². The van der Waals surface area contributed by atoms with Crippen molar-refractivity contribution in [2.75, 3.05) is 33.4 Å². The second-order valence-electron chi connectivity index (χ2n) is 10.4. The van der Waals surface area contributed by atoms with Gasteiger partial charge in [-0.2, -0.15) is 0 Å². The van der Waals surface area contributed by atoms with Crippen LogP contribution in [0.25, 0.3) is 0 Å². The molecule has 0 amide bonds. The smallest absolute Gasteiger partial charge is 0.466 e. The lowest BCUT2D eigenvalue weighted by Gasteiger charge is -2.15. The molecule has 0 heterocycles. The Balaban J connectivity index is 3.97. The third-order valence-electron chi connectivity index (χ3n) is 6.77. The van der Waals surface area contributed by atoms with E-state index in [-0.39, 0.29) is 18.7 Å². The highest BCUT2D eigenvalue weighted by Gasteiger charge is 2.14. The molecule has 0 N–H and O–H groups in total. The molecule has 1 unspecified atom stereocenters. The molecule has 6 heteroatoms. The molecule has 0 aromatic carbocycles. The maximum absolute atomic E-state index is 12.1. The number of ether oxygens (including phenoxy) is 3.